The molecule has 6 nitrogen and oxygen atoms in total. The van der Waals surface area contributed by atoms with E-state index in [9.17, 15) is 13.2 Å². The van der Waals surface area contributed by atoms with Gasteiger partial charge < -0.3 is 10.2 Å². The quantitative estimate of drug-likeness (QED) is 0.606. The van der Waals surface area contributed by atoms with E-state index < -0.39 is 10.0 Å². The lowest BCUT2D eigenvalue weighted by Crippen LogP contribution is -2.41. The Morgan fingerprint density at radius 3 is 2.59 bits per heavy atom. The average Bonchev–Trinajstić information content (AvgIpc) is 2.60. The molecule has 0 radical (unpaired) electrons. The molecule has 1 aromatic rings. The van der Waals surface area contributed by atoms with Gasteiger partial charge in [-0.3, -0.25) is 9.10 Å². The molecule has 1 amide bonds. The van der Waals surface area contributed by atoms with E-state index in [2.05, 4.69) is 33.1 Å². The molecule has 1 aromatic carbocycles. The number of nitrogens with zero attached hydrogens (tertiary/aromatic N) is 2. The van der Waals surface area contributed by atoms with Gasteiger partial charge >= 0.3 is 0 Å². The fraction of sp³-hybridized carbons (Fsp3) is 0.632. The predicted octanol–water partition coefficient (Wildman–Crippen LogP) is 2.76. The van der Waals surface area contributed by atoms with Crippen molar-refractivity contribution in [1.82, 2.24) is 10.2 Å². The van der Waals surface area contributed by atoms with Gasteiger partial charge in [-0.2, -0.15) is 0 Å². The lowest BCUT2D eigenvalue weighted by Gasteiger charge is -2.30. The fourth-order valence-electron chi connectivity index (χ4n) is 3.19. The summed E-state index contributed by atoms with van der Waals surface area (Å²) in [6.45, 7) is 7.74. The molecule has 1 saturated heterocycles. The van der Waals surface area contributed by atoms with Gasteiger partial charge in [-0.05, 0) is 75.5 Å². The second kappa shape index (κ2) is 9.89. The minimum absolute atomic E-state index is 0.207. The average molecular weight is 460 g/mol. The Morgan fingerprint density at radius 2 is 2.00 bits per heavy atom. The molecule has 0 bridgehead atoms. The number of hydrogen-bond acceptors (Lipinski definition) is 4. The van der Waals surface area contributed by atoms with E-state index in [1.807, 2.05) is 6.92 Å². The number of nitrogens with one attached hydrogen (secondary N) is 1. The molecule has 1 N–H and O–H groups in total. The Kier molecular flexibility index (Phi) is 8.12. The second-order valence-corrected chi connectivity index (χ2v) is 10.2. The van der Waals surface area contributed by atoms with Crippen LogP contribution in [0.5, 0.6) is 0 Å². The molecule has 1 fully saturated rings. The summed E-state index contributed by atoms with van der Waals surface area (Å²) in [7, 11) is -3.55. The van der Waals surface area contributed by atoms with Crippen molar-refractivity contribution in [2.45, 2.75) is 33.1 Å². The van der Waals surface area contributed by atoms with E-state index in [4.69, 9.17) is 0 Å². The highest BCUT2D eigenvalue weighted by molar-refractivity contribution is 9.10. The molecule has 0 spiro atoms. The summed E-state index contributed by atoms with van der Waals surface area (Å²) in [6.07, 6.45) is 4.47. The van der Waals surface area contributed by atoms with Gasteiger partial charge in [0.2, 0.25) is 15.9 Å². The summed E-state index contributed by atoms with van der Waals surface area (Å²) >= 11 is 3.41. The predicted molar refractivity (Wildman–Crippen MR) is 114 cm³/mol. The molecule has 27 heavy (non-hydrogen) atoms. The standard InChI is InChI=1S/C19H30BrN3O3S/c1-15-7-11-22(12-8-15)10-4-9-21-19(24)14-23(27(3,25)26)17-5-6-18(20)16(2)13-17/h5-6,13,15H,4,7-12,14H2,1-3H3,(H,21,24). The smallest absolute Gasteiger partial charge is 0.240 e. The van der Waals surface area contributed by atoms with E-state index in [1.165, 1.54) is 12.8 Å². The zero-order valence-electron chi connectivity index (χ0n) is 16.4. The first-order valence-corrected chi connectivity index (χ1v) is 12.0. The van der Waals surface area contributed by atoms with Crippen LogP contribution >= 0.6 is 15.9 Å². The monoisotopic (exact) mass is 459 g/mol. The summed E-state index contributed by atoms with van der Waals surface area (Å²) in [5, 5.41) is 2.85. The highest BCUT2D eigenvalue weighted by Gasteiger charge is 2.21. The SMILES string of the molecule is Cc1cc(N(CC(=O)NCCCN2CCC(C)CC2)S(C)(=O)=O)ccc1Br. The molecule has 0 atom stereocenters. The van der Waals surface area contributed by atoms with Crippen molar-refractivity contribution in [3.8, 4) is 0 Å². The van der Waals surface area contributed by atoms with Crippen LogP contribution in [0.3, 0.4) is 0 Å². The van der Waals surface area contributed by atoms with Crippen LogP contribution in [0.15, 0.2) is 22.7 Å². The van der Waals surface area contributed by atoms with Crippen LogP contribution in [0.25, 0.3) is 0 Å². The van der Waals surface area contributed by atoms with Crippen molar-refractivity contribution in [1.29, 1.82) is 0 Å². The van der Waals surface area contributed by atoms with Gasteiger partial charge in [-0.15, -0.1) is 0 Å². The molecule has 1 aliphatic rings. The van der Waals surface area contributed by atoms with Gasteiger partial charge in [-0.25, -0.2) is 8.42 Å². The maximum atomic E-state index is 12.3. The number of likely N-dealkylation sites (tertiary alicyclic amines) is 1. The third-order valence-corrected chi connectivity index (χ3v) is 7.00. The molecular weight excluding hydrogens is 430 g/mol. The van der Waals surface area contributed by atoms with E-state index in [0.29, 0.717) is 12.2 Å². The van der Waals surface area contributed by atoms with Gasteiger partial charge in [0.05, 0.1) is 11.9 Å². The molecular formula is C19H30BrN3O3S. The molecule has 152 valence electrons. The highest BCUT2D eigenvalue weighted by atomic mass is 79.9. The normalized spacial score (nSPS) is 16.3. The molecule has 2 rings (SSSR count). The topological polar surface area (TPSA) is 69.7 Å². The van der Waals surface area contributed by atoms with E-state index >= 15 is 0 Å². The Labute approximate surface area is 171 Å². The molecule has 0 aromatic heterocycles. The largest absolute Gasteiger partial charge is 0.354 e. The molecule has 0 saturated carbocycles. The number of carbonyl (C=O) groups excluding carboxylic acids is 1. The van der Waals surface area contributed by atoms with Gasteiger partial charge in [0.25, 0.3) is 0 Å². The van der Waals surface area contributed by atoms with Crippen molar-refractivity contribution >= 4 is 37.5 Å². The number of hydrogen-bond donors (Lipinski definition) is 1. The Hall–Kier alpha value is -1.12. The maximum Gasteiger partial charge on any atom is 0.240 e. The van der Waals surface area contributed by atoms with Crippen LogP contribution in [0.2, 0.25) is 0 Å². The maximum absolute atomic E-state index is 12.3. The van der Waals surface area contributed by atoms with Crippen molar-refractivity contribution in [2.75, 3.05) is 43.3 Å². The van der Waals surface area contributed by atoms with Crippen LogP contribution in [-0.2, 0) is 14.8 Å². The third kappa shape index (κ3) is 7.08. The van der Waals surface area contributed by atoms with Crippen LogP contribution in [0.4, 0.5) is 5.69 Å². The first-order chi connectivity index (χ1) is 12.7. The zero-order chi connectivity index (χ0) is 20.0. The van der Waals surface area contributed by atoms with Crippen molar-refractivity contribution in [2.24, 2.45) is 5.92 Å². The third-order valence-electron chi connectivity index (χ3n) is 4.97. The molecule has 1 heterocycles. The van der Waals surface area contributed by atoms with Crippen molar-refractivity contribution < 1.29 is 13.2 Å². The first-order valence-electron chi connectivity index (χ1n) is 9.39. The minimum Gasteiger partial charge on any atom is -0.354 e. The van der Waals surface area contributed by atoms with E-state index in [1.54, 1.807) is 18.2 Å². The number of rotatable bonds is 8. The number of halogens is 1. The summed E-state index contributed by atoms with van der Waals surface area (Å²) in [5.41, 5.74) is 1.41. The van der Waals surface area contributed by atoms with Crippen LogP contribution in [0.1, 0.15) is 31.7 Å². The van der Waals surface area contributed by atoms with Gasteiger partial charge in [0, 0.05) is 11.0 Å². The number of benzene rings is 1. The summed E-state index contributed by atoms with van der Waals surface area (Å²) in [6, 6.07) is 5.25. The van der Waals surface area contributed by atoms with Crippen LogP contribution in [-0.4, -0.2) is 58.2 Å². The number of piperidine rings is 1. The minimum atomic E-state index is -3.55. The molecule has 0 aliphatic carbocycles. The Balaban J connectivity index is 1.84. The van der Waals surface area contributed by atoms with E-state index in [0.717, 1.165) is 52.6 Å². The number of aryl methyl sites for hydroxylation is 1. The Bertz CT molecular complexity index is 747. The number of carbonyl (C=O) groups is 1. The Morgan fingerprint density at radius 1 is 1.33 bits per heavy atom. The van der Waals surface area contributed by atoms with Crippen molar-refractivity contribution in [3.63, 3.8) is 0 Å². The zero-order valence-corrected chi connectivity index (χ0v) is 18.8. The van der Waals surface area contributed by atoms with Crippen LogP contribution < -0.4 is 9.62 Å². The van der Waals surface area contributed by atoms with Crippen molar-refractivity contribution in [3.05, 3.63) is 28.2 Å². The van der Waals surface area contributed by atoms with Gasteiger partial charge in [-0.1, -0.05) is 22.9 Å². The number of amides is 1. The lowest BCUT2D eigenvalue weighted by molar-refractivity contribution is -0.119. The second-order valence-electron chi connectivity index (χ2n) is 7.43. The summed E-state index contributed by atoms with van der Waals surface area (Å²) in [5.74, 6) is 0.526. The van der Waals surface area contributed by atoms with E-state index in [-0.39, 0.29) is 12.5 Å². The van der Waals surface area contributed by atoms with Gasteiger partial charge in [0.1, 0.15) is 6.54 Å². The molecule has 1 aliphatic heterocycles. The summed E-state index contributed by atoms with van der Waals surface area (Å²) < 4.78 is 26.4. The molecule has 0 unspecified atom stereocenters. The fourth-order valence-corrected chi connectivity index (χ4v) is 4.28. The lowest BCUT2D eigenvalue weighted by atomic mass is 9.99. The molecule has 8 heteroatoms. The summed E-state index contributed by atoms with van der Waals surface area (Å²) in [4.78, 5) is 14.7. The number of sulfonamides is 1. The first kappa shape index (κ1) is 22.2. The number of anilines is 1. The van der Waals surface area contributed by atoms with Crippen LogP contribution in [0, 0.1) is 12.8 Å². The highest BCUT2D eigenvalue weighted by Crippen LogP contribution is 2.24. The van der Waals surface area contributed by atoms with Gasteiger partial charge in [0.15, 0.2) is 0 Å².